The van der Waals surface area contributed by atoms with Crippen molar-refractivity contribution in [2.24, 2.45) is 0 Å². The van der Waals surface area contributed by atoms with E-state index in [1.807, 2.05) is 36.4 Å². The quantitative estimate of drug-likeness (QED) is 0.176. The summed E-state index contributed by atoms with van der Waals surface area (Å²) in [5.41, 5.74) is 2.75. The van der Waals surface area contributed by atoms with Gasteiger partial charge in [0, 0.05) is 36.9 Å². The van der Waals surface area contributed by atoms with Gasteiger partial charge in [0.05, 0.1) is 18.7 Å². The molecule has 0 aliphatic heterocycles. The zero-order valence-corrected chi connectivity index (χ0v) is 22.2. The Labute approximate surface area is 232 Å². The van der Waals surface area contributed by atoms with E-state index in [-0.39, 0.29) is 0 Å². The highest BCUT2D eigenvalue weighted by molar-refractivity contribution is 5.93. The summed E-state index contributed by atoms with van der Waals surface area (Å²) >= 11 is 0. The monoisotopic (exact) mass is 545 g/mol. The smallest absolute Gasteiger partial charge is 0.337 e. The van der Waals surface area contributed by atoms with Gasteiger partial charge >= 0.3 is 5.97 Å². The molecule has 0 unspecified atom stereocenters. The van der Waals surface area contributed by atoms with E-state index < -0.39 is 12.1 Å². The number of aliphatic carboxylic acids is 1. The average Bonchev–Trinajstić information content (AvgIpc) is 2.98. The second kappa shape index (κ2) is 15.7. The van der Waals surface area contributed by atoms with Crippen LogP contribution in [-0.2, 0) is 14.3 Å². The molecule has 10 nitrogen and oxygen atoms in total. The maximum absolute atomic E-state index is 10.2. The molecule has 0 aliphatic carbocycles. The van der Waals surface area contributed by atoms with Gasteiger partial charge in [-0.1, -0.05) is 42.3 Å². The van der Waals surface area contributed by atoms with Gasteiger partial charge in [0.2, 0.25) is 0 Å². The average molecular weight is 546 g/mol. The van der Waals surface area contributed by atoms with Gasteiger partial charge in [0.1, 0.15) is 25.4 Å². The fourth-order valence-electron chi connectivity index (χ4n) is 3.46. The van der Waals surface area contributed by atoms with Crippen LogP contribution in [0.1, 0.15) is 17.2 Å². The first-order chi connectivity index (χ1) is 19.5. The molecule has 3 N–H and O–H groups in total. The molecule has 1 heterocycles. The molecule has 4 aromatic rings. The second-order valence-electron chi connectivity index (χ2n) is 8.22. The van der Waals surface area contributed by atoms with Crippen LogP contribution in [0.5, 0.6) is 11.5 Å². The van der Waals surface area contributed by atoms with Crippen LogP contribution in [0.2, 0.25) is 0 Å². The second-order valence-corrected chi connectivity index (χ2v) is 8.22. The van der Waals surface area contributed by atoms with E-state index in [1.165, 1.54) is 6.33 Å². The van der Waals surface area contributed by atoms with Gasteiger partial charge in [0.15, 0.2) is 17.6 Å². The number of methoxy groups -OCH3 is 2. The molecule has 0 fully saturated rings. The Morgan fingerprint density at radius 3 is 2.23 bits per heavy atom. The van der Waals surface area contributed by atoms with Crippen LogP contribution in [0.4, 0.5) is 11.5 Å². The summed E-state index contributed by atoms with van der Waals surface area (Å²) in [6.45, 7) is 1.73. The van der Waals surface area contributed by atoms with Gasteiger partial charge in [-0.2, -0.15) is 0 Å². The van der Waals surface area contributed by atoms with Crippen LogP contribution in [0.25, 0.3) is 10.9 Å². The largest absolute Gasteiger partial charge is 0.487 e. The van der Waals surface area contributed by atoms with Crippen molar-refractivity contribution in [1.29, 1.82) is 0 Å². The Morgan fingerprint density at radius 1 is 0.925 bits per heavy atom. The number of benzene rings is 3. The van der Waals surface area contributed by atoms with Crippen molar-refractivity contribution in [3.8, 4) is 23.8 Å². The summed E-state index contributed by atoms with van der Waals surface area (Å²) in [6, 6.07) is 19.5. The number of hydrogen-bond donors (Lipinski definition) is 3. The molecule has 0 amide bonds. The van der Waals surface area contributed by atoms with Gasteiger partial charge in [-0.15, -0.1) is 6.42 Å². The van der Waals surface area contributed by atoms with Crippen LogP contribution in [0.15, 0.2) is 73.1 Å². The predicted molar refractivity (Wildman–Crippen MR) is 151 cm³/mol. The van der Waals surface area contributed by atoms with E-state index in [0.717, 1.165) is 22.2 Å². The molecule has 0 saturated heterocycles. The summed E-state index contributed by atoms with van der Waals surface area (Å²) in [5.74, 6) is 3.22. The highest BCUT2D eigenvalue weighted by Gasteiger charge is 2.14. The minimum atomic E-state index is -1.41. The third-order valence-corrected chi connectivity index (χ3v) is 5.43. The molecule has 0 bridgehead atoms. The molecular formula is C30H31N3O7. The minimum Gasteiger partial charge on any atom is -0.487 e. The number of carboxylic acids is 1. The lowest BCUT2D eigenvalue weighted by Crippen LogP contribution is -2.09. The number of aromatic nitrogens is 2. The van der Waals surface area contributed by atoms with Crippen LogP contribution in [0, 0.1) is 12.3 Å². The van der Waals surface area contributed by atoms with Crippen LogP contribution in [0.3, 0.4) is 0 Å². The van der Waals surface area contributed by atoms with E-state index in [1.54, 1.807) is 44.6 Å². The zero-order chi connectivity index (χ0) is 28.7. The number of nitrogens with zero attached hydrogens (tertiary/aromatic N) is 2. The molecule has 1 aromatic heterocycles. The van der Waals surface area contributed by atoms with Crippen molar-refractivity contribution in [2.45, 2.75) is 6.10 Å². The van der Waals surface area contributed by atoms with E-state index in [9.17, 15) is 4.79 Å². The number of carboxylic acid groups (broad SMARTS) is 1. The van der Waals surface area contributed by atoms with Crippen LogP contribution in [-0.4, -0.2) is 66.8 Å². The topological polar surface area (TPSA) is 132 Å². The first-order valence-corrected chi connectivity index (χ1v) is 12.3. The molecule has 0 saturated carbocycles. The fraction of sp³-hybridized carbons (Fsp3) is 0.233. The Morgan fingerprint density at radius 2 is 1.60 bits per heavy atom. The number of rotatable bonds is 12. The number of carbonyl (C=O) groups is 1. The summed E-state index contributed by atoms with van der Waals surface area (Å²) < 4.78 is 21.8. The Kier molecular flexibility index (Phi) is 11.7. The van der Waals surface area contributed by atoms with Gasteiger partial charge in [-0.25, -0.2) is 14.8 Å². The number of terminal acetylenes is 1. The summed E-state index contributed by atoms with van der Waals surface area (Å²) in [4.78, 5) is 19.0. The maximum atomic E-state index is 10.2. The fourth-order valence-corrected chi connectivity index (χ4v) is 3.46. The first-order valence-electron chi connectivity index (χ1n) is 12.3. The molecule has 10 heteroatoms. The molecule has 4 rings (SSSR count). The number of nitrogens with one attached hydrogen (secondary N) is 1. The van der Waals surface area contributed by atoms with Crippen molar-refractivity contribution in [3.05, 3.63) is 84.2 Å². The van der Waals surface area contributed by atoms with E-state index in [4.69, 9.17) is 35.6 Å². The van der Waals surface area contributed by atoms with E-state index in [0.29, 0.717) is 49.3 Å². The van der Waals surface area contributed by atoms with Crippen molar-refractivity contribution < 1.29 is 34.0 Å². The van der Waals surface area contributed by atoms with Gasteiger partial charge in [-0.05, 0) is 29.8 Å². The van der Waals surface area contributed by atoms with Crippen molar-refractivity contribution in [3.63, 3.8) is 0 Å². The van der Waals surface area contributed by atoms with Gasteiger partial charge in [0.25, 0.3) is 0 Å². The number of hydrogen-bond acceptors (Lipinski definition) is 9. The lowest BCUT2D eigenvalue weighted by atomic mass is 10.1. The molecule has 0 spiro atoms. The number of ether oxygens (including phenoxy) is 4. The predicted octanol–water partition coefficient (Wildman–Crippen LogP) is 4.21. The van der Waals surface area contributed by atoms with E-state index in [2.05, 4.69) is 21.2 Å². The van der Waals surface area contributed by atoms with Crippen molar-refractivity contribution in [2.75, 3.05) is 46.0 Å². The number of anilines is 2. The molecule has 0 radical (unpaired) electrons. The SMILES string of the molecule is C#Cc1cccc(Nc2ncnc3cc(OCCOC)c(OCCOC)cc23)c1.O=C(O)[C@@H](O)c1ccccc1. The minimum absolute atomic E-state index is 0.392. The summed E-state index contributed by atoms with van der Waals surface area (Å²) in [6.07, 6.45) is 5.59. The molecule has 40 heavy (non-hydrogen) atoms. The number of aliphatic hydroxyl groups excluding tert-OH is 1. The standard InChI is InChI=1S/C22H23N3O4.C8H8O3/c1-4-16-6-5-7-17(12-16)25-22-18-13-20(28-10-8-26-2)21(29-11-9-27-3)14-19(18)23-15-24-22;9-7(8(10)11)6-4-2-1-3-5-6/h1,5-7,12-15H,8-11H2,2-3H3,(H,23,24,25);1-5,7,9H,(H,10,11)/t;7-/m.0/s1. The third kappa shape index (κ3) is 8.68. The number of fused-ring (bicyclic) bond motifs is 1. The number of aliphatic hydroxyl groups is 1. The molecule has 3 aromatic carbocycles. The molecule has 1 atom stereocenters. The Balaban J connectivity index is 0.000000336. The van der Waals surface area contributed by atoms with Crippen molar-refractivity contribution >= 4 is 28.4 Å². The molecular weight excluding hydrogens is 514 g/mol. The Hall–Kier alpha value is -4.69. The van der Waals surface area contributed by atoms with E-state index >= 15 is 0 Å². The Bertz CT molecular complexity index is 1420. The zero-order valence-electron chi connectivity index (χ0n) is 22.2. The highest BCUT2D eigenvalue weighted by atomic mass is 16.5. The third-order valence-electron chi connectivity index (χ3n) is 5.43. The van der Waals surface area contributed by atoms with Crippen LogP contribution >= 0.6 is 0 Å². The lowest BCUT2D eigenvalue weighted by Gasteiger charge is -2.15. The van der Waals surface area contributed by atoms with Gasteiger partial charge < -0.3 is 34.5 Å². The summed E-state index contributed by atoms with van der Waals surface area (Å²) in [5, 5.41) is 21.5. The van der Waals surface area contributed by atoms with Crippen molar-refractivity contribution in [1.82, 2.24) is 9.97 Å². The molecule has 208 valence electrons. The van der Waals surface area contributed by atoms with Gasteiger partial charge in [-0.3, -0.25) is 0 Å². The first kappa shape index (κ1) is 29.9. The normalized spacial score (nSPS) is 11.1. The highest BCUT2D eigenvalue weighted by Crippen LogP contribution is 2.35. The lowest BCUT2D eigenvalue weighted by molar-refractivity contribution is -0.146. The summed E-state index contributed by atoms with van der Waals surface area (Å²) in [7, 11) is 3.25. The molecule has 0 aliphatic rings. The maximum Gasteiger partial charge on any atom is 0.337 e. The van der Waals surface area contributed by atoms with Crippen LogP contribution < -0.4 is 14.8 Å².